The zero-order valence-electron chi connectivity index (χ0n) is 13.2. The van der Waals surface area contributed by atoms with Crippen LogP contribution >= 0.6 is 11.6 Å². The highest BCUT2D eigenvalue weighted by molar-refractivity contribution is 6.30. The van der Waals surface area contributed by atoms with Crippen LogP contribution in [-0.4, -0.2) is 15.7 Å². The SMILES string of the molecule is O=C(Cn1cc2c(n1)CCCCCC2)NCc1cccc(Cl)c1. The lowest BCUT2D eigenvalue weighted by Crippen LogP contribution is -2.27. The van der Waals surface area contributed by atoms with Gasteiger partial charge in [-0.3, -0.25) is 9.48 Å². The Morgan fingerprint density at radius 3 is 2.87 bits per heavy atom. The summed E-state index contributed by atoms with van der Waals surface area (Å²) in [6, 6.07) is 7.52. The second-order valence-electron chi connectivity index (χ2n) is 6.12. The first-order valence-corrected chi connectivity index (χ1v) is 8.65. The number of amides is 1. The lowest BCUT2D eigenvalue weighted by molar-refractivity contribution is -0.122. The summed E-state index contributed by atoms with van der Waals surface area (Å²) in [5.41, 5.74) is 3.48. The van der Waals surface area contributed by atoms with Gasteiger partial charge < -0.3 is 5.32 Å². The normalized spacial score (nSPS) is 14.7. The maximum atomic E-state index is 12.1. The van der Waals surface area contributed by atoms with Gasteiger partial charge >= 0.3 is 0 Å². The molecule has 0 atom stereocenters. The summed E-state index contributed by atoms with van der Waals surface area (Å²) in [6.07, 6.45) is 9.16. The summed E-state index contributed by atoms with van der Waals surface area (Å²) in [6.45, 7) is 0.758. The van der Waals surface area contributed by atoms with Crippen molar-refractivity contribution in [2.24, 2.45) is 0 Å². The quantitative estimate of drug-likeness (QED) is 0.932. The van der Waals surface area contributed by atoms with Crippen molar-refractivity contribution >= 4 is 17.5 Å². The molecule has 0 unspecified atom stereocenters. The second-order valence-corrected chi connectivity index (χ2v) is 6.56. The van der Waals surface area contributed by atoms with Gasteiger partial charge in [0.2, 0.25) is 5.91 Å². The molecule has 0 saturated heterocycles. The third kappa shape index (κ3) is 4.58. The van der Waals surface area contributed by atoms with Gasteiger partial charge in [0.25, 0.3) is 0 Å². The molecule has 23 heavy (non-hydrogen) atoms. The molecule has 0 aliphatic heterocycles. The summed E-state index contributed by atoms with van der Waals surface area (Å²) in [5, 5.41) is 8.20. The van der Waals surface area contributed by atoms with Gasteiger partial charge in [-0.1, -0.05) is 36.6 Å². The number of hydrogen-bond donors (Lipinski definition) is 1. The molecule has 1 amide bonds. The molecule has 5 heteroatoms. The minimum Gasteiger partial charge on any atom is -0.350 e. The van der Waals surface area contributed by atoms with Crippen LogP contribution in [0.25, 0.3) is 0 Å². The Labute approximate surface area is 141 Å². The Morgan fingerprint density at radius 1 is 1.22 bits per heavy atom. The number of aromatic nitrogens is 2. The lowest BCUT2D eigenvalue weighted by Gasteiger charge is -2.06. The summed E-state index contributed by atoms with van der Waals surface area (Å²) >= 11 is 5.95. The number of fused-ring (bicyclic) bond motifs is 1. The van der Waals surface area contributed by atoms with Crippen LogP contribution in [-0.2, 0) is 30.7 Å². The average Bonchev–Trinajstić information content (AvgIpc) is 2.86. The largest absolute Gasteiger partial charge is 0.350 e. The van der Waals surface area contributed by atoms with Crippen LogP contribution in [0.5, 0.6) is 0 Å². The van der Waals surface area contributed by atoms with Crippen molar-refractivity contribution < 1.29 is 4.79 Å². The van der Waals surface area contributed by atoms with E-state index in [4.69, 9.17) is 11.6 Å². The van der Waals surface area contributed by atoms with Crippen LogP contribution in [0.2, 0.25) is 5.02 Å². The molecule has 1 aromatic heterocycles. The lowest BCUT2D eigenvalue weighted by atomic mass is 9.99. The Bertz CT molecular complexity index is 655. The molecule has 0 spiro atoms. The molecule has 2 aromatic rings. The van der Waals surface area contributed by atoms with E-state index >= 15 is 0 Å². The number of aryl methyl sites for hydroxylation is 2. The van der Waals surface area contributed by atoms with Crippen LogP contribution in [0.4, 0.5) is 0 Å². The predicted molar refractivity (Wildman–Crippen MR) is 91.4 cm³/mol. The molecule has 1 aliphatic carbocycles. The maximum absolute atomic E-state index is 12.1. The van der Waals surface area contributed by atoms with Crippen molar-refractivity contribution in [3.05, 3.63) is 52.3 Å². The van der Waals surface area contributed by atoms with E-state index in [0.717, 1.165) is 18.4 Å². The van der Waals surface area contributed by atoms with Gasteiger partial charge in [-0.15, -0.1) is 0 Å². The molecule has 1 aromatic carbocycles. The van der Waals surface area contributed by atoms with Gasteiger partial charge in [0.15, 0.2) is 0 Å². The van der Waals surface area contributed by atoms with Crippen LogP contribution in [0.15, 0.2) is 30.5 Å². The summed E-state index contributed by atoms with van der Waals surface area (Å²) in [4.78, 5) is 12.1. The summed E-state index contributed by atoms with van der Waals surface area (Å²) in [7, 11) is 0. The predicted octanol–water partition coefficient (Wildman–Crippen LogP) is 3.51. The Kier molecular flexibility index (Phi) is 5.34. The van der Waals surface area contributed by atoms with Crippen LogP contribution in [0.1, 0.15) is 42.5 Å². The number of benzene rings is 1. The molecule has 0 fully saturated rings. The van der Waals surface area contributed by atoms with E-state index in [1.165, 1.54) is 36.9 Å². The van der Waals surface area contributed by atoms with Crippen molar-refractivity contribution in [1.29, 1.82) is 0 Å². The van der Waals surface area contributed by atoms with Gasteiger partial charge in [0, 0.05) is 17.8 Å². The van der Waals surface area contributed by atoms with E-state index in [0.29, 0.717) is 11.6 Å². The number of hydrogen-bond acceptors (Lipinski definition) is 2. The van der Waals surface area contributed by atoms with E-state index in [9.17, 15) is 4.79 Å². The van der Waals surface area contributed by atoms with Crippen LogP contribution < -0.4 is 5.32 Å². The monoisotopic (exact) mass is 331 g/mol. The van der Waals surface area contributed by atoms with E-state index in [1.54, 1.807) is 4.68 Å². The number of nitrogens with zero attached hydrogens (tertiary/aromatic N) is 2. The maximum Gasteiger partial charge on any atom is 0.241 e. The van der Waals surface area contributed by atoms with Gasteiger partial charge in [0.1, 0.15) is 6.54 Å². The topological polar surface area (TPSA) is 46.9 Å². The third-order valence-corrected chi connectivity index (χ3v) is 4.45. The molecule has 1 heterocycles. The fraction of sp³-hybridized carbons (Fsp3) is 0.444. The molecular weight excluding hydrogens is 310 g/mol. The molecule has 0 saturated carbocycles. The summed E-state index contributed by atoms with van der Waals surface area (Å²) in [5.74, 6) is -0.0274. The zero-order chi connectivity index (χ0) is 16.1. The molecule has 1 aliphatic rings. The highest BCUT2D eigenvalue weighted by Crippen LogP contribution is 2.18. The molecule has 1 N–H and O–H groups in total. The first-order chi connectivity index (χ1) is 11.2. The van der Waals surface area contributed by atoms with E-state index in [2.05, 4.69) is 10.4 Å². The number of carbonyl (C=O) groups is 1. The first kappa shape index (κ1) is 16.1. The molecular formula is C18H22ClN3O. The third-order valence-electron chi connectivity index (χ3n) is 4.22. The molecule has 0 bridgehead atoms. The van der Waals surface area contributed by atoms with Crippen molar-refractivity contribution in [1.82, 2.24) is 15.1 Å². The number of rotatable bonds is 4. The van der Waals surface area contributed by atoms with Crippen molar-refractivity contribution in [2.45, 2.75) is 51.6 Å². The van der Waals surface area contributed by atoms with Gasteiger partial charge in [-0.25, -0.2) is 0 Å². The highest BCUT2D eigenvalue weighted by atomic mass is 35.5. The van der Waals surface area contributed by atoms with E-state index in [-0.39, 0.29) is 12.5 Å². The Morgan fingerprint density at radius 2 is 2.04 bits per heavy atom. The fourth-order valence-electron chi connectivity index (χ4n) is 3.01. The molecule has 122 valence electrons. The standard InChI is InChI=1S/C18H22ClN3O/c19-16-8-5-6-14(10-16)11-20-18(23)13-22-12-15-7-3-1-2-4-9-17(15)21-22/h5-6,8,10,12H,1-4,7,9,11,13H2,(H,20,23). The minimum absolute atomic E-state index is 0.0274. The fourth-order valence-corrected chi connectivity index (χ4v) is 3.23. The Balaban J connectivity index is 1.56. The smallest absolute Gasteiger partial charge is 0.241 e. The van der Waals surface area contributed by atoms with Crippen molar-refractivity contribution in [3.8, 4) is 0 Å². The van der Waals surface area contributed by atoms with Crippen LogP contribution in [0.3, 0.4) is 0 Å². The van der Waals surface area contributed by atoms with Crippen molar-refractivity contribution in [3.63, 3.8) is 0 Å². The zero-order valence-corrected chi connectivity index (χ0v) is 14.0. The van der Waals surface area contributed by atoms with E-state index < -0.39 is 0 Å². The van der Waals surface area contributed by atoms with Crippen molar-refractivity contribution in [2.75, 3.05) is 0 Å². The van der Waals surface area contributed by atoms with Crippen LogP contribution in [0, 0.1) is 0 Å². The van der Waals surface area contributed by atoms with Gasteiger partial charge in [0.05, 0.1) is 5.69 Å². The number of halogens is 1. The van der Waals surface area contributed by atoms with Gasteiger partial charge in [-0.2, -0.15) is 5.10 Å². The number of nitrogens with one attached hydrogen (secondary N) is 1. The molecule has 3 rings (SSSR count). The minimum atomic E-state index is -0.0274. The Hall–Kier alpha value is -1.81. The molecule has 0 radical (unpaired) electrons. The van der Waals surface area contributed by atoms with Gasteiger partial charge in [-0.05, 0) is 48.9 Å². The molecule has 4 nitrogen and oxygen atoms in total. The highest BCUT2D eigenvalue weighted by Gasteiger charge is 2.13. The number of carbonyl (C=O) groups excluding carboxylic acids is 1. The second kappa shape index (κ2) is 7.64. The average molecular weight is 332 g/mol. The first-order valence-electron chi connectivity index (χ1n) is 8.27. The van der Waals surface area contributed by atoms with E-state index in [1.807, 2.05) is 30.5 Å². The summed E-state index contributed by atoms with van der Waals surface area (Å²) < 4.78 is 1.78.